The number of allylic oxidation sites excluding steroid dienone is 1. The third-order valence-electron chi connectivity index (χ3n) is 9.92. The molecule has 0 amide bonds. The Morgan fingerprint density at radius 1 is 0.773 bits per heavy atom. The molecule has 0 saturated carbocycles. The Morgan fingerprint density at radius 3 is 1.77 bits per heavy atom. The molecule has 0 spiro atoms. The summed E-state index contributed by atoms with van der Waals surface area (Å²) in [5.41, 5.74) is 6.54. The molecule has 0 unspecified atom stereocenters. The van der Waals surface area contributed by atoms with Crippen molar-refractivity contribution < 1.29 is 38.0 Å². The van der Waals surface area contributed by atoms with Gasteiger partial charge in [0.05, 0.1) is 54.7 Å². The van der Waals surface area contributed by atoms with Crippen LogP contribution >= 0.6 is 0 Å². The molecule has 2 aromatic rings. The van der Waals surface area contributed by atoms with Crippen molar-refractivity contribution in [3.8, 4) is 34.5 Å². The van der Waals surface area contributed by atoms with Crippen molar-refractivity contribution >= 4 is 5.97 Å². The first-order valence-corrected chi connectivity index (χ1v) is 15.0. The largest absolute Gasteiger partial charge is 0.496 e. The van der Waals surface area contributed by atoms with Crippen LogP contribution in [0.5, 0.6) is 34.5 Å². The first-order chi connectivity index (χ1) is 21.1. The van der Waals surface area contributed by atoms with Gasteiger partial charge in [0, 0.05) is 57.6 Å². The molecule has 2 bridgehead atoms. The van der Waals surface area contributed by atoms with Crippen LogP contribution in [-0.2, 0) is 22.4 Å². The van der Waals surface area contributed by atoms with E-state index in [0.717, 1.165) is 63.6 Å². The van der Waals surface area contributed by atoms with Crippen molar-refractivity contribution in [2.45, 2.75) is 64.7 Å². The number of hydrogen-bond acceptors (Lipinski definition) is 10. The van der Waals surface area contributed by atoms with Crippen LogP contribution in [0.2, 0.25) is 0 Å². The number of fused-ring (bicyclic) bond motifs is 7. The number of benzene rings is 2. The van der Waals surface area contributed by atoms with Gasteiger partial charge in [-0.2, -0.15) is 0 Å². The second-order valence-corrected chi connectivity index (χ2v) is 11.8. The molecule has 3 aliphatic heterocycles. The van der Waals surface area contributed by atoms with E-state index in [0.29, 0.717) is 29.2 Å². The molecule has 3 heterocycles. The zero-order valence-corrected chi connectivity index (χ0v) is 27.9. The molecule has 2 aromatic carbocycles. The number of hydrogen-bond donors (Lipinski definition) is 0. The van der Waals surface area contributed by atoms with Crippen LogP contribution in [-0.4, -0.2) is 90.7 Å². The molecule has 1 saturated heterocycles. The van der Waals surface area contributed by atoms with Crippen LogP contribution in [0.4, 0.5) is 0 Å². The van der Waals surface area contributed by atoms with Gasteiger partial charge < -0.3 is 33.2 Å². The molecule has 5 rings (SSSR count). The maximum Gasteiger partial charge on any atom is 0.333 e. The zero-order valence-electron chi connectivity index (χ0n) is 27.9. The normalized spacial score (nSPS) is 22.8. The summed E-state index contributed by atoms with van der Waals surface area (Å²) >= 11 is 0. The van der Waals surface area contributed by atoms with Gasteiger partial charge in [0.15, 0.2) is 23.0 Å². The molecule has 1 fully saturated rings. The van der Waals surface area contributed by atoms with Gasteiger partial charge in [0.25, 0.3) is 0 Å². The van der Waals surface area contributed by atoms with Gasteiger partial charge in [-0.1, -0.05) is 6.08 Å². The topological polar surface area (TPSA) is 88.2 Å². The molecule has 3 aliphatic rings. The summed E-state index contributed by atoms with van der Waals surface area (Å²) in [6.45, 7) is 8.50. The summed E-state index contributed by atoms with van der Waals surface area (Å²) in [7, 11) is 12.2. The van der Waals surface area contributed by atoms with E-state index in [1.165, 1.54) is 0 Å². The number of esters is 1. The second-order valence-electron chi connectivity index (χ2n) is 11.8. The summed E-state index contributed by atoms with van der Waals surface area (Å²) in [6.07, 6.45) is 3.20. The fourth-order valence-electron chi connectivity index (χ4n) is 7.84. The highest BCUT2D eigenvalue weighted by Gasteiger charge is 2.53. The maximum atomic E-state index is 13.0. The van der Waals surface area contributed by atoms with Crippen molar-refractivity contribution in [1.82, 2.24) is 9.80 Å². The smallest absolute Gasteiger partial charge is 0.333 e. The van der Waals surface area contributed by atoms with Gasteiger partial charge in [0.1, 0.15) is 18.1 Å². The van der Waals surface area contributed by atoms with E-state index in [-0.39, 0.29) is 36.7 Å². The van der Waals surface area contributed by atoms with E-state index in [1.807, 2.05) is 20.8 Å². The van der Waals surface area contributed by atoms with Crippen LogP contribution in [0.15, 0.2) is 11.6 Å². The molecular weight excluding hydrogens is 564 g/mol. The number of rotatable bonds is 9. The Balaban J connectivity index is 1.77. The molecule has 10 heteroatoms. The van der Waals surface area contributed by atoms with Crippen LogP contribution in [0.25, 0.3) is 0 Å². The molecule has 0 aromatic heterocycles. The van der Waals surface area contributed by atoms with E-state index >= 15 is 0 Å². The van der Waals surface area contributed by atoms with E-state index in [1.54, 1.807) is 55.7 Å². The van der Waals surface area contributed by atoms with Gasteiger partial charge in [-0.15, -0.1) is 0 Å². The predicted octanol–water partition coefficient (Wildman–Crippen LogP) is 4.74. The van der Waals surface area contributed by atoms with Gasteiger partial charge in [0.2, 0.25) is 0 Å². The average Bonchev–Trinajstić information content (AvgIpc) is 3.02. The Labute approximate surface area is 260 Å². The number of nitrogens with zero attached hydrogens (tertiary/aromatic N) is 2. The SMILES string of the molecule is C/C=C(/C)C(=O)OC[C@H]1c2c(c(OC)c(C)c(OC)c2OC)C[C@H]2[C@@H]3c4c(c(OC)c(C)c(OC)c4OC)C[C@@H](CN12)N3C. The first kappa shape index (κ1) is 31.8. The van der Waals surface area contributed by atoms with Crippen molar-refractivity contribution in [2.75, 3.05) is 62.9 Å². The quantitative estimate of drug-likeness (QED) is 0.293. The highest BCUT2D eigenvalue weighted by molar-refractivity contribution is 5.87. The summed E-state index contributed by atoms with van der Waals surface area (Å²) in [6, 6.07) is -0.229. The van der Waals surface area contributed by atoms with Crippen LogP contribution in [0.3, 0.4) is 0 Å². The maximum absolute atomic E-state index is 13.0. The predicted molar refractivity (Wildman–Crippen MR) is 167 cm³/mol. The fraction of sp³-hybridized carbons (Fsp3) is 0.559. The number of carbonyl (C=O) groups is 1. The standard InChI is InChI=1S/C34H46N2O8/c1-12-17(2)34(37)44-16-24-25-22(29(39-7)19(4)30(40-8)32(25)42-10)14-23-27-26-21(13-20(35(27)5)15-36(23)24)28(38-6)18(3)31(41-9)33(26)43-11/h12,20,23-24,27H,13-16H2,1-11H3/b17-12-/t20-,23-,24-,27+/m0/s1. The Bertz CT molecular complexity index is 1490. The van der Waals surface area contributed by atoms with E-state index in [2.05, 4.69) is 16.8 Å². The number of carbonyl (C=O) groups excluding carboxylic acids is 1. The number of piperazine rings is 1. The van der Waals surface area contributed by atoms with Gasteiger partial charge in [-0.25, -0.2) is 4.79 Å². The van der Waals surface area contributed by atoms with Gasteiger partial charge in [-0.3, -0.25) is 9.80 Å². The summed E-state index contributed by atoms with van der Waals surface area (Å²) in [5.74, 6) is 3.93. The minimum atomic E-state index is -0.340. The molecule has 4 atom stereocenters. The third kappa shape index (κ3) is 4.65. The van der Waals surface area contributed by atoms with Crippen molar-refractivity contribution in [3.05, 3.63) is 45.0 Å². The molecule has 0 aliphatic carbocycles. The fourth-order valence-corrected chi connectivity index (χ4v) is 7.84. The highest BCUT2D eigenvalue weighted by atomic mass is 16.5. The molecule has 240 valence electrons. The van der Waals surface area contributed by atoms with E-state index in [4.69, 9.17) is 33.2 Å². The molecule has 44 heavy (non-hydrogen) atoms. The van der Waals surface area contributed by atoms with Crippen LogP contribution in [0, 0.1) is 13.8 Å². The Hall–Kier alpha value is -3.63. The summed E-state index contributed by atoms with van der Waals surface area (Å²) in [4.78, 5) is 17.9. The van der Waals surface area contributed by atoms with E-state index < -0.39 is 0 Å². The lowest BCUT2D eigenvalue weighted by Crippen LogP contribution is -2.64. The lowest BCUT2D eigenvalue weighted by molar-refractivity contribution is -0.143. The van der Waals surface area contributed by atoms with Gasteiger partial charge in [-0.05, 0) is 47.6 Å². The highest BCUT2D eigenvalue weighted by Crippen LogP contribution is 2.58. The molecule has 10 nitrogen and oxygen atoms in total. The van der Waals surface area contributed by atoms with Crippen molar-refractivity contribution in [1.29, 1.82) is 0 Å². The van der Waals surface area contributed by atoms with Crippen LogP contribution in [0.1, 0.15) is 59.3 Å². The van der Waals surface area contributed by atoms with E-state index in [9.17, 15) is 4.79 Å². The van der Waals surface area contributed by atoms with Gasteiger partial charge >= 0.3 is 5.97 Å². The monoisotopic (exact) mass is 610 g/mol. The first-order valence-electron chi connectivity index (χ1n) is 15.0. The third-order valence-corrected chi connectivity index (χ3v) is 9.92. The zero-order chi connectivity index (χ0) is 32.0. The molecule has 0 radical (unpaired) electrons. The molecule has 0 N–H and O–H groups in total. The number of ether oxygens (including phenoxy) is 7. The Kier molecular flexibility index (Phi) is 8.96. The average molecular weight is 611 g/mol. The number of likely N-dealkylation sites (N-methyl/N-ethyl adjacent to an activating group) is 1. The Morgan fingerprint density at radius 2 is 1.27 bits per heavy atom. The minimum Gasteiger partial charge on any atom is -0.496 e. The minimum absolute atomic E-state index is 0.0215. The lowest BCUT2D eigenvalue weighted by Gasteiger charge is -2.58. The number of methoxy groups -OCH3 is 6. The van der Waals surface area contributed by atoms with Crippen molar-refractivity contribution in [3.63, 3.8) is 0 Å². The summed E-state index contributed by atoms with van der Waals surface area (Å²) in [5, 5.41) is 0. The summed E-state index contributed by atoms with van der Waals surface area (Å²) < 4.78 is 42.1. The van der Waals surface area contributed by atoms with Crippen molar-refractivity contribution in [2.24, 2.45) is 0 Å². The second kappa shape index (κ2) is 12.4. The lowest BCUT2D eigenvalue weighted by atomic mass is 9.73. The van der Waals surface area contributed by atoms with Crippen LogP contribution < -0.4 is 28.4 Å². The molecular formula is C34H46N2O8.